The number of carboxylic acid groups (broad SMARTS) is 1. The van der Waals surface area contributed by atoms with E-state index in [1.54, 1.807) is 0 Å². The summed E-state index contributed by atoms with van der Waals surface area (Å²) in [5.41, 5.74) is 4.79. The minimum atomic E-state index is -0.665. The molecule has 2 nitrogen and oxygen atoms in total. The number of hydrogen-bond acceptors (Lipinski definition) is 1. The molecule has 0 amide bonds. The number of aliphatic carboxylic acids is 1. The Kier molecular flexibility index (Phi) is 2.33. The molecule has 1 saturated carbocycles. The maximum absolute atomic E-state index is 11.0. The van der Waals surface area contributed by atoms with Gasteiger partial charge in [-0.1, -0.05) is 24.6 Å². The van der Waals surface area contributed by atoms with Gasteiger partial charge in [0.2, 0.25) is 0 Å². The summed E-state index contributed by atoms with van der Waals surface area (Å²) < 4.78 is 0. The Balaban J connectivity index is 2.47. The lowest BCUT2D eigenvalue weighted by Crippen LogP contribution is -2.14. The van der Waals surface area contributed by atoms with Crippen LogP contribution in [0.4, 0.5) is 0 Å². The fraction of sp³-hybridized carbons (Fsp3) is 0.500. The Labute approximate surface area is 96.3 Å². The highest BCUT2D eigenvalue weighted by molar-refractivity contribution is 5.77. The second kappa shape index (κ2) is 3.34. The van der Waals surface area contributed by atoms with Crippen molar-refractivity contribution in [2.24, 2.45) is 5.92 Å². The summed E-state index contributed by atoms with van der Waals surface area (Å²) in [4.78, 5) is 11.0. The summed E-state index contributed by atoms with van der Waals surface area (Å²) in [6, 6.07) is 4.29. The number of aryl methyl sites for hydroxylation is 3. The molecule has 1 N–H and O–H groups in total. The van der Waals surface area contributed by atoms with Gasteiger partial charge in [-0.15, -0.1) is 0 Å². The number of hydrogen-bond donors (Lipinski definition) is 1. The van der Waals surface area contributed by atoms with E-state index in [2.05, 4.69) is 39.8 Å². The van der Waals surface area contributed by atoms with Gasteiger partial charge in [0.1, 0.15) is 0 Å². The van der Waals surface area contributed by atoms with Crippen LogP contribution in [0, 0.1) is 26.7 Å². The van der Waals surface area contributed by atoms with E-state index in [0.717, 1.165) is 6.42 Å². The molecule has 2 unspecified atom stereocenters. The molecule has 0 bridgehead atoms. The molecule has 2 atom stereocenters. The second-order valence-corrected chi connectivity index (χ2v) is 5.29. The Hall–Kier alpha value is -1.31. The average Bonchev–Trinajstić information content (AvgIpc) is 2.76. The fourth-order valence-corrected chi connectivity index (χ4v) is 3.08. The first kappa shape index (κ1) is 11.2. The zero-order valence-corrected chi connectivity index (χ0v) is 10.3. The zero-order valence-electron chi connectivity index (χ0n) is 10.3. The van der Waals surface area contributed by atoms with Gasteiger partial charge in [0.25, 0.3) is 0 Å². The molecule has 1 aliphatic rings. The third-order valence-corrected chi connectivity index (χ3v) is 3.78. The summed E-state index contributed by atoms with van der Waals surface area (Å²) in [6.07, 6.45) is 0.771. The molecule has 2 rings (SSSR count). The second-order valence-electron chi connectivity index (χ2n) is 5.29. The van der Waals surface area contributed by atoms with Crippen molar-refractivity contribution < 1.29 is 9.90 Å². The molecular formula is C14H18O2. The number of benzene rings is 1. The van der Waals surface area contributed by atoms with Crippen LogP contribution in [0.1, 0.15) is 35.6 Å². The molecule has 0 aromatic heterocycles. The number of carboxylic acids is 1. The fourth-order valence-electron chi connectivity index (χ4n) is 3.08. The van der Waals surface area contributed by atoms with Crippen LogP contribution in [0.2, 0.25) is 0 Å². The first-order valence-corrected chi connectivity index (χ1v) is 5.67. The standard InChI is InChI=1S/C14H18O2/c1-8-5-9(2)12(10(3)6-8)14(4)7-11(14)13(15)16/h5-6,11H,7H2,1-4H3,(H,15,16). The highest BCUT2D eigenvalue weighted by atomic mass is 16.4. The molecule has 0 saturated heterocycles. The molecular weight excluding hydrogens is 200 g/mol. The molecule has 1 aromatic rings. The average molecular weight is 218 g/mol. The van der Waals surface area contributed by atoms with Crippen LogP contribution in [0.15, 0.2) is 12.1 Å². The molecule has 0 radical (unpaired) electrons. The van der Waals surface area contributed by atoms with Crippen LogP contribution in [0.3, 0.4) is 0 Å². The lowest BCUT2D eigenvalue weighted by atomic mass is 9.86. The van der Waals surface area contributed by atoms with Crippen LogP contribution in [-0.4, -0.2) is 11.1 Å². The Bertz CT molecular complexity index is 439. The van der Waals surface area contributed by atoms with Crippen molar-refractivity contribution in [3.05, 3.63) is 34.4 Å². The van der Waals surface area contributed by atoms with E-state index in [0.29, 0.717) is 0 Å². The molecule has 0 heterocycles. The largest absolute Gasteiger partial charge is 0.481 e. The molecule has 2 heteroatoms. The Morgan fingerprint density at radius 2 is 1.81 bits per heavy atom. The van der Waals surface area contributed by atoms with Gasteiger partial charge in [0.15, 0.2) is 0 Å². The molecule has 1 fully saturated rings. The topological polar surface area (TPSA) is 37.3 Å². The van der Waals surface area contributed by atoms with Crippen LogP contribution < -0.4 is 0 Å². The van der Waals surface area contributed by atoms with Crippen molar-refractivity contribution in [2.75, 3.05) is 0 Å². The van der Waals surface area contributed by atoms with Crippen LogP contribution in [0.5, 0.6) is 0 Å². The third-order valence-electron chi connectivity index (χ3n) is 3.78. The van der Waals surface area contributed by atoms with Crippen molar-refractivity contribution in [2.45, 2.75) is 39.5 Å². The van der Waals surface area contributed by atoms with Crippen LogP contribution >= 0.6 is 0 Å². The van der Waals surface area contributed by atoms with E-state index < -0.39 is 5.97 Å². The summed E-state index contributed by atoms with van der Waals surface area (Å²) >= 11 is 0. The summed E-state index contributed by atoms with van der Waals surface area (Å²) in [5, 5.41) is 9.09. The Morgan fingerprint density at radius 3 is 2.19 bits per heavy atom. The van der Waals surface area contributed by atoms with Crippen molar-refractivity contribution in [3.63, 3.8) is 0 Å². The minimum Gasteiger partial charge on any atom is -0.481 e. The zero-order chi connectivity index (χ0) is 12.1. The Morgan fingerprint density at radius 1 is 1.31 bits per heavy atom. The van der Waals surface area contributed by atoms with E-state index in [4.69, 9.17) is 5.11 Å². The van der Waals surface area contributed by atoms with E-state index in [-0.39, 0.29) is 11.3 Å². The number of rotatable bonds is 2. The summed E-state index contributed by atoms with van der Waals surface area (Å²) in [6.45, 7) is 8.31. The van der Waals surface area contributed by atoms with Gasteiger partial charge in [-0.2, -0.15) is 0 Å². The molecule has 16 heavy (non-hydrogen) atoms. The monoisotopic (exact) mass is 218 g/mol. The van der Waals surface area contributed by atoms with E-state index in [1.807, 2.05) is 0 Å². The molecule has 1 aromatic carbocycles. The van der Waals surface area contributed by atoms with E-state index in [9.17, 15) is 4.79 Å². The van der Waals surface area contributed by atoms with Gasteiger partial charge in [-0.05, 0) is 43.9 Å². The SMILES string of the molecule is Cc1cc(C)c(C2(C)CC2C(=O)O)c(C)c1. The maximum Gasteiger partial charge on any atom is 0.307 e. The van der Waals surface area contributed by atoms with Crippen LogP contribution in [0.25, 0.3) is 0 Å². The van der Waals surface area contributed by atoms with Gasteiger partial charge >= 0.3 is 5.97 Å². The van der Waals surface area contributed by atoms with Gasteiger partial charge in [-0.25, -0.2) is 0 Å². The predicted molar refractivity (Wildman–Crippen MR) is 63.7 cm³/mol. The quantitative estimate of drug-likeness (QED) is 0.828. The highest BCUT2D eigenvalue weighted by Crippen LogP contribution is 2.55. The van der Waals surface area contributed by atoms with Crippen molar-refractivity contribution in [1.29, 1.82) is 0 Å². The normalized spacial score (nSPS) is 27.9. The molecule has 86 valence electrons. The molecule has 1 aliphatic carbocycles. The number of carbonyl (C=O) groups is 1. The van der Waals surface area contributed by atoms with Crippen molar-refractivity contribution in [3.8, 4) is 0 Å². The van der Waals surface area contributed by atoms with Gasteiger partial charge in [-0.3, -0.25) is 4.79 Å². The van der Waals surface area contributed by atoms with Gasteiger partial charge in [0.05, 0.1) is 5.92 Å². The minimum absolute atomic E-state index is 0.145. The molecule has 0 spiro atoms. The first-order valence-electron chi connectivity index (χ1n) is 5.67. The van der Waals surface area contributed by atoms with Crippen molar-refractivity contribution in [1.82, 2.24) is 0 Å². The lowest BCUT2D eigenvalue weighted by molar-refractivity contribution is -0.138. The summed E-state index contributed by atoms with van der Waals surface area (Å²) in [7, 11) is 0. The van der Waals surface area contributed by atoms with Gasteiger partial charge in [0, 0.05) is 5.41 Å². The van der Waals surface area contributed by atoms with Crippen LogP contribution in [-0.2, 0) is 10.2 Å². The predicted octanol–water partition coefficient (Wildman–Crippen LogP) is 2.97. The maximum atomic E-state index is 11.0. The highest BCUT2D eigenvalue weighted by Gasteiger charge is 2.56. The smallest absolute Gasteiger partial charge is 0.307 e. The lowest BCUT2D eigenvalue weighted by Gasteiger charge is -2.18. The first-order chi connectivity index (χ1) is 7.36. The van der Waals surface area contributed by atoms with E-state index in [1.165, 1.54) is 22.3 Å². The molecule has 0 aliphatic heterocycles. The third kappa shape index (κ3) is 1.53. The summed E-state index contributed by atoms with van der Waals surface area (Å²) in [5.74, 6) is -0.866. The van der Waals surface area contributed by atoms with Crippen molar-refractivity contribution >= 4 is 5.97 Å². The van der Waals surface area contributed by atoms with E-state index >= 15 is 0 Å². The van der Waals surface area contributed by atoms with Gasteiger partial charge < -0.3 is 5.11 Å².